The minimum Gasteiger partial charge on any atom is -0.343 e. The van der Waals surface area contributed by atoms with Gasteiger partial charge in [0.05, 0.1) is 5.69 Å². The van der Waals surface area contributed by atoms with Gasteiger partial charge in [-0.25, -0.2) is 4.68 Å². The minimum atomic E-state index is -0.146. The molecule has 0 radical (unpaired) electrons. The van der Waals surface area contributed by atoms with Gasteiger partial charge in [0.2, 0.25) is 5.91 Å². The Balaban J connectivity index is 1.58. The summed E-state index contributed by atoms with van der Waals surface area (Å²) in [6.45, 7) is 4.39. The molecular formula is C19H24N4O2. The zero-order valence-corrected chi connectivity index (χ0v) is 14.6. The number of carbonyl (C=O) groups is 1. The van der Waals surface area contributed by atoms with Crippen LogP contribution >= 0.6 is 0 Å². The molecule has 25 heavy (non-hydrogen) atoms. The van der Waals surface area contributed by atoms with E-state index in [9.17, 15) is 9.59 Å². The van der Waals surface area contributed by atoms with Crippen molar-refractivity contribution in [2.75, 3.05) is 13.1 Å². The van der Waals surface area contributed by atoms with Gasteiger partial charge in [-0.3, -0.25) is 14.6 Å². The first kappa shape index (κ1) is 17.3. The molecule has 6 heteroatoms. The van der Waals surface area contributed by atoms with E-state index >= 15 is 0 Å². The van der Waals surface area contributed by atoms with E-state index in [1.165, 1.54) is 10.7 Å². The van der Waals surface area contributed by atoms with Gasteiger partial charge in [0, 0.05) is 50.1 Å². The van der Waals surface area contributed by atoms with Crippen molar-refractivity contribution in [2.24, 2.45) is 5.92 Å². The Hall–Kier alpha value is -2.50. The minimum absolute atomic E-state index is 0.146. The summed E-state index contributed by atoms with van der Waals surface area (Å²) in [7, 11) is 0. The summed E-state index contributed by atoms with van der Waals surface area (Å²) in [6, 6.07) is 6.97. The summed E-state index contributed by atoms with van der Waals surface area (Å²) in [6.07, 6.45) is 6.66. The Labute approximate surface area is 147 Å². The van der Waals surface area contributed by atoms with Crippen molar-refractivity contribution in [3.8, 4) is 11.3 Å². The van der Waals surface area contributed by atoms with E-state index in [0.29, 0.717) is 31.0 Å². The highest BCUT2D eigenvalue weighted by Gasteiger charge is 2.19. The van der Waals surface area contributed by atoms with Crippen molar-refractivity contribution in [2.45, 2.75) is 39.2 Å². The van der Waals surface area contributed by atoms with Crippen LogP contribution in [0, 0.1) is 5.92 Å². The number of aryl methyl sites for hydroxylation is 1. The predicted molar refractivity (Wildman–Crippen MR) is 95.9 cm³/mol. The number of amides is 1. The molecule has 132 valence electrons. The third-order valence-corrected chi connectivity index (χ3v) is 4.72. The number of rotatable bonds is 5. The van der Waals surface area contributed by atoms with Crippen molar-refractivity contribution < 1.29 is 4.79 Å². The van der Waals surface area contributed by atoms with Crippen molar-refractivity contribution in [1.82, 2.24) is 19.7 Å². The third kappa shape index (κ3) is 4.53. The van der Waals surface area contributed by atoms with E-state index in [0.717, 1.165) is 31.5 Å². The van der Waals surface area contributed by atoms with Crippen molar-refractivity contribution in [3.63, 3.8) is 0 Å². The normalized spacial score (nSPS) is 15.3. The maximum Gasteiger partial charge on any atom is 0.266 e. The van der Waals surface area contributed by atoms with Crippen molar-refractivity contribution in [1.29, 1.82) is 0 Å². The lowest BCUT2D eigenvalue weighted by molar-refractivity contribution is -0.132. The smallest absolute Gasteiger partial charge is 0.266 e. The predicted octanol–water partition coefficient (Wildman–Crippen LogP) is 2.34. The molecule has 0 N–H and O–H groups in total. The van der Waals surface area contributed by atoms with E-state index in [1.807, 2.05) is 17.0 Å². The second-order valence-corrected chi connectivity index (χ2v) is 6.69. The fourth-order valence-corrected chi connectivity index (χ4v) is 3.07. The summed E-state index contributed by atoms with van der Waals surface area (Å²) in [5.74, 6) is 0.894. The van der Waals surface area contributed by atoms with E-state index in [1.54, 1.807) is 18.5 Å². The molecule has 0 saturated carbocycles. The van der Waals surface area contributed by atoms with Crippen LogP contribution in [0.2, 0.25) is 0 Å². The molecule has 0 aromatic carbocycles. The van der Waals surface area contributed by atoms with Gasteiger partial charge in [-0.05, 0) is 43.4 Å². The molecule has 1 amide bonds. The van der Waals surface area contributed by atoms with Gasteiger partial charge in [0.15, 0.2) is 0 Å². The molecule has 0 unspecified atom stereocenters. The lowest BCUT2D eigenvalue weighted by Gasteiger charge is -2.30. The Morgan fingerprint density at radius 1 is 1.24 bits per heavy atom. The molecule has 0 bridgehead atoms. The summed E-state index contributed by atoms with van der Waals surface area (Å²) in [5, 5.41) is 4.40. The van der Waals surface area contributed by atoms with Gasteiger partial charge in [0.1, 0.15) is 0 Å². The first-order valence-corrected chi connectivity index (χ1v) is 8.90. The summed E-state index contributed by atoms with van der Waals surface area (Å²) >= 11 is 0. The zero-order chi connectivity index (χ0) is 17.6. The van der Waals surface area contributed by atoms with E-state index < -0.39 is 0 Å². The molecular weight excluding hydrogens is 316 g/mol. The van der Waals surface area contributed by atoms with Crippen LogP contribution < -0.4 is 5.56 Å². The van der Waals surface area contributed by atoms with Crippen LogP contribution in [0.1, 0.15) is 32.6 Å². The molecule has 1 fully saturated rings. The fraction of sp³-hybridized carbons (Fsp3) is 0.474. The largest absolute Gasteiger partial charge is 0.343 e. The third-order valence-electron chi connectivity index (χ3n) is 4.72. The highest BCUT2D eigenvalue weighted by atomic mass is 16.2. The quantitative estimate of drug-likeness (QED) is 0.838. The van der Waals surface area contributed by atoms with Crippen LogP contribution in [0.25, 0.3) is 11.3 Å². The lowest BCUT2D eigenvalue weighted by Crippen LogP contribution is -2.38. The first-order valence-electron chi connectivity index (χ1n) is 8.90. The maximum absolute atomic E-state index is 12.3. The second-order valence-electron chi connectivity index (χ2n) is 6.69. The van der Waals surface area contributed by atoms with Crippen molar-refractivity contribution in [3.05, 3.63) is 47.0 Å². The molecule has 3 heterocycles. The van der Waals surface area contributed by atoms with Crippen LogP contribution in [0.4, 0.5) is 0 Å². The Morgan fingerprint density at radius 2 is 2.04 bits per heavy atom. The average molecular weight is 340 g/mol. The number of piperidine rings is 1. The number of pyridine rings is 1. The van der Waals surface area contributed by atoms with Gasteiger partial charge in [0.25, 0.3) is 5.56 Å². The zero-order valence-electron chi connectivity index (χ0n) is 14.6. The highest BCUT2D eigenvalue weighted by Crippen LogP contribution is 2.17. The number of hydrogen-bond donors (Lipinski definition) is 0. The number of nitrogens with zero attached hydrogens (tertiary/aromatic N) is 4. The topological polar surface area (TPSA) is 68.1 Å². The molecule has 0 aliphatic carbocycles. The molecule has 2 aromatic heterocycles. The SMILES string of the molecule is CC1CCN(C(=O)CCCn2nc(-c3cccnc3)ccc2=O)CC1. The van der Waals surface area contributed by atoms with Crippen LogP contribution in [-0.4, -0.2) is 38.7 Å². The molecule has 0 spiro atoms. The molecule has 3 rings (SSSR count). The number of likely N-dealkylation sites (tertiary alicyclic amines) is 1. The van der Waals surface area contributed by atoms with E-state index in [-0.39, 0.29) is 11.5 Å². The van der Waals surface area contributed by atoms with Crippen LogP contribution in [0.15, 0.2) is 41.5 Å². The average Bonchev–Trinajstić information content (AvgIpc) is 2.64. The van der Waals surface area contributed by atoms with Crippen LogP contribution in [0.5, 0.6) is 0 Å². The summed E-state index contributed by atoms with van der Waals surface area (Å²) in [4.78, 5) is 30.3. The van der Waals surface area contributed by atoms with Gasteiger partial charge in [-0.1, -0.05) is 6.92 Å². The number of carbonyl (C=O) groups excluding carboxylic acids is 1. The first-order chi connectivity index (χ1) is 12.1. The van der Waals surface area contributed by atoms with Gasteiger partial charge >= 0.3 is 0 Å². The number of hydrogen-bond acceptors (Lipinski definition) is 4. The Kier molecular flexibility index (Phi) is 5.58. The summed E-state index contributed by atoms with van der Waals surface area (Å²) in [5.41, 5.74) is 1.44. The van der Waals surface area contributed by atoms with Gasteiger partial charge in [-0.2, -0.15) is 5.10 Å². The van der Waals surface area contributed by atoms with E-state index in [4.69, 9.17) is 0 Å². The standard InChI is InChI=1S/C19H24N4O2/c1-15-8-12-22(13-9-15)18(24)5-3-11-23-19(25)7-6-17(21-23)16-4-2-10-20-14-16/h2,4,6-7,10,14-15H,3,5,8-9,11-13H2,1H3. The second kappa shape index (κ2) is 8.05. The highest BCUT2D eigenvalue weighted by molar-refractivity contribution is 5.76. The van der Waals surface area contributed by atoms with E-state index in [2.05, 4.69) is 17.0 Å². The summed E-state index contributed by atoms with van der Waals surface area (Å²) < 4.78 is 1.44. The van der Waals surface area contributed by atoms with Gasteiger partial charge in [-0.15, -0.1) is 0 Å². The molecule has 2 aromatic rings. The fourth-order valence-electron chi connectivity index (χ4n) is 3.07. The molecule has 1 aliphatic heterocycles. The molecule has 6 nitrogen and oxygen atoms in total. The maximum atomic E-state index is 12.3. The molecule has 0 atom stereocenters. The Morgan fingerprint density at radius 3 is 2.76 bits per heavy atom. The molecule has 1 saturated heterocycles. The van der Waals surface area contributed by atoms with Gasteiger partial charge < -0.3 is 4.90 Å². The van der Waals surface area contributed by atoms with Crippen LogP contribution in [0.3, 0.4) is 0 Å². The van der Waals surface area contributed by atoms with Crippen LogP contribution in [-0.2, 0) is 11.3 Å². The van der Waals surface area contributed by atoms with Crippen molar-refractivity contribution >= 4 is 5.91 Å². The molecule has 1 aliphatic rings. The Bertz CT molecular complexity index is 764. The number of aromatic nitrogens is 3. The monoisotopic (exact) mass is 340 g/mol. The lowest BCUT2D eigenvalue weighted by atomic mass is 9.99.